The summed E-state index contributed by atoms with van der Waals surface area (Å²) in [6.45, 7) is -1.43. The molecule has 0 aromatic carbocycles. The van der Waals surface area contributed by atoms with E-state index in [-0.39, 0.29) is 115 Å². The van der Waals surface area contributed by atoms with Crippen LogP contribution in [0.25, 0.3) is 0 Å². The summed E-state index contributed by atoms with van der Waals surface area (Å²) in [7, 11) is -5.19. The van der Waals surface area contributed by atoms with Crippen LogP contribution < -0.4 is 94.6 Å². The third-order valence-corrected chi connectivity index (χ3v) is 11.5. The molecule has 0 heterocycles. The first-order chi connectivity index (χ1) is 36.3. The van der Waals surface area contributed by atoms with Gasteiger partial charge in [0, 0.05) is 19.6 Å². The van der Waals surface area contributed by atoms with E-state index in [1.54, 1.807) is 0 Å². The summed E-state index contributed by atoms with van der Waals surface area (Å²) in [5.41, 5.74) is 55.6. The minimum absolute atomic E-state index is 0.00839. The number of guanidine groups is 3. The van der Waals surface area contributed by atoms with Crippen LogP contribution in [-0.4, -0.2) is 186 Å². The number of nitrogens with zero attached hydrogens (tertiary/aromatic N) is 3. The predicted molar refractivity (Wildman–Crippen MR) is 283 cm³/mol. The number of aliphatic carboxylic acids is 1. The molecule has 0 radical (unpaired) electrons. The Kier molecular flexibility index (Phi) is 36.4. The number of nitrogens with two attached hydrogens (primary N) is 10. The molecule has 0 spiro atoms. The lowest BCUT2D eigenvalue weighted by Crippen LogP contribution is -2.60. The number of aliphatic hydroxyl groups is 1. The molecule has 35 heteroatoms. The van der Waals surface area contributed by atoms with Crippen molar-refractivity contribution in [2.24, 2.45) is 72.3 Å². The molecule has 0 bridgehead atoms. The van der Waals surface area contributed by atoms with E-state index < -0.39 is 117 Å². The SMILES string of the molecule is NCCCC[C@H](NC(=O)[C@H](CCCN=C(N)N)NC(=O)[C@H](CO)NC(=O)[C@H](CCCCN)NC(=O)[C@H](CCCN=C(N)N)NC(=O)[C@@H](N)CCCCN)C(=O)N[C@@H](CCCN=C(N)N)C(=O)N[C@@H](COP(=O)(O)O)C(=O)O. The second kappa shape index (κ2) is 39.8. The fourth-order valence-electron chi connectivity index (χ4n) is 6.93. The molecule has 0 saturated heterocycles. The monoisotopic (exact) mass is 1120 g/mol. The lowest BCUT2D eigenvalue weighted by molar-refractivity contribution is -0.143. The molecular formula is C42H85N20O14P. The van der Waals surface area contributed by atoms with E-state index in [4.69, 9.17) is 67.1 Å². The zero-order valence-electron chi connectivity index (χ0n) is 43.3. The molecule has 0 aliphatic rings. The highest BCUT2D eigenvalue weighted by Crippen LogP contribution is 2.35. The maximum absolute atomic E-state index is 14.2. The van der Waals surface area contributed by atoms with Crippen molar-refractivity contribution >= 4 is 73.0 Å². The molecule has 77 heavy (non-hydrogen) atoms. The fraction of sp³-hybridized carbons (Fsp3) is 0.738. The molecule has 0 aliphatic heterocycles. The maximum Gasteiger partial charge on any atom is 0.469 e. The largest absolute Gasteiger partial charge is 0.480 e. The van der Waals surface area contributed by atoms with Gasteiger partial charge in [0.15, 0.2) is 23.9 Å². The predicted octanol–water partition coefficient (Wildman–Crippen LogP) is -8.56. The van der Waals surface area contributed by atoms with E-state index in [1.165, 1.54) is 0 Å². The zero-order chi connectivity index (χ0) is 58.5. The minimum atomic E-state index is -5.19. The molecule has 0 aromatic rings. The van der Waals surface area contributed by atoms with Gasteiger partial charge < -0.3 is 115 Å². The first-order valence-corrected chi connectivity index (χ1v) is 26.5. The molecule has 0 unspecified atom stereocenters. The van der Waals surface area contributed by atoms with Crippen molar-refractivity contribution in [2.75, 3.05) is 52.5 Å². The Hall–Kier alpha value is -6.52. The van der Waals surface area contributed by atoms with Gasteiger partial charge in [-0.3, -0.25) is 53.1 Å². The van der Waals surface area contributed by atoms with E-state index >= 15 is 0 Å². The van der Waals surface area contributed by atoms with Crippen LogP contribution in [0.1, 0.15) is 96.3 Å². The van der Waals surface area contributed by atoms with Gasteiger partial charge in [-0.2, -0.15) is 0 Å². The van der Waals surface area contributed by atoms with Crippen LogP contribution in [-0.2, 0) is 47.4 Å². The summed E-state index contributed by atoms with van der Waals surface area (Å²) in [4.78, 5) is 138. The van der Waals surface area contributed by atoms with Gasteiger partial charge in [-0.05, 0) is 110 Å². The van der Waals surface area contributed by atoms with E-state index in [2.05, 4.69) is 51.4 Å². The highest BCUT2D eigenvalue weighted by atomic mass is 31.2. The third kappa shape index (κ3) is 33.3. The zero-order valence-corrected chi connectivity index (χ0v) is 44.2. The Morgan fingerprint density at radius 1 is 0.429 bits per heavy atom. The molecule has 0 aliphatic carbocycles. The van der Waals surface area contributed by atoms with E-state index in [0.717, 1.165) is 0 Å². The average Bonchev–Trinajstić information content (AvgIpc) is 3.35. The quantitative estimate of drug-likeness (QED) is 0.0117. The number of hydrogen-bond donors (Lipinski definition) is 21. The number of carboxylic acid groups (broad SMARTS) is 1. The van der Waals surface area contributed by atoms with Crippen molar-refractivity contribution in [1.82, 2.24) is 37.2 Å². The minimum Gasteiger partial charge on any atom is -0.480 e. The number of nitrogens with one attached hydrogen (secondary N) is 7. The maximum atomic E-state index is 14.2. The highest BCUT2D eigenvalue weighted by molar-refractivity contribution is 7.46. The molecular weight excluding hydrogens is 1040 g/mol. The normalized spacial score (nSPS) is 14.3. The molecule has 31 N–H and O–H groups in total. The van der Waals surface area contributed by atoms with Gasteiger partial charge in [-0.25, -0.2) is 9.36 Å². The first-order valence-electron chi connectivity index (χ1n) is 25.0. The van der Waals surface area contributed by atoms with Crippen molar-refractivity contribution in [3.8, 4) is 0 Å². The van der Waals surface area contributed by atoms with Crippen LogP contribution in [0.15, 0.2) is 15.0 Å². The summed E-state index contributed by atoms with van der Waals surface area (Å²) in [5.74, 6) is -9.11. The van der Waals surface area contributed by atoms with Gasteiger partial charge in [0.1, 0.15) is 36.3 Å². The Morgan fingerprint density at radius 2 is 0.701 bits per heavy atom. The van der Waals surface area contributed by atoms with Crippen molar-refractivity contribution in [3.05, 3.63) is 0 Å². The van der Waals surface area contributed by atoms with E-state index in [1.807, 2.05) is 5.32 Å². The summed E-state index contributed by atoms with van der Waals surface area (Å²) < 4.78 is 15.5. The molecule has 0 rings (SSSR count). The van der Waals surface area contributed by atoms with Gasteiger partial charge in [0.05, 0.1) is 19.3 Å². The molecule has 442 valence electrons. The van der Waals surface area contributed by atoms with Crippen LogP contribution in [0, 0.1) is 0 Å². The number of phosphoric ester groups is 1. The second-order valence-corrected chi connectivity index (χ2v) is 18.8. The van der Waals surface area contributed by atoms with Crippen molar-refractivity contribution in [3.63, 3.8) is 0 Å². The Morgan fingerprint density at radius 3 is 0.987 bits per heavy atom. The van der Waals surface area contributed by atoms with Gasteiger partial charge in [-0.1, -0.05) is 6.42 Å². The van der Waals surface area contributed by atoms with Gasteiger partial charge in [-0.15, -0.1) is 0 Å². The molecule has 7 amide bonds. The summed E-state index contributed by atoms with van der Waals surface area (Å²) in [6.07, 6.45) is 2.46. The number of carboxylic acids is 1. The average molecular weight is 1130 g/mol. The Balaban J connectivity index is 6.82. The van der Waals surface area contributed by atoms with Crippen LogP contribution >= 0.6 is 7.82 Å². The van der Waals surface area contributed by atoms with Gasteiger partial charge >= 0.3 is 13.8 Å². The molecule has 8 atom stereocenters. The number of amides is 7. The van der Waals surface area contributed by atoms with Crippen LogP contribution in [0.5, 0.6) is 0 Å². The molecule has 34 nitrogen and oxygen atoms in total. The van der Waals surface area contributed by atoms with Crippen LogP contribution in [0.4, 0.5) is 0 Å². The lowest BCUT2D eigenvalue weighted by Gasteiger charge is -2.27. The number of unbranched alkanes of at least 4 members (excludes halogenated alkanes) is 3. The topological polar surface area (TPSA) is 625 Å². The molecule has 0 saturated carbocycles. The highest BCUT2D eigenvalue weighted by Gasteiger charge is 2.35. The number of phosphoric acid groups is 1. The first kappa shape index (κ1) is 70.5. The number of aliphatic hydroxyl groups excluding tert-OH is 1. The summed E-state index contributed by atoms with van der Waals surface area (Å²) in [6, 6.07) is -11.9. The van der Waals surface area contributed by atoms with Gasteiger partial charge in [0.2, 0.25) is 41.4 Å². The number of carbonyl (C=O) groups excluding carboxylic acids is 7. The lowest BCUT2D eigenvalue weighted by atomic mass is 10.0. The Bertz CT molecular complexity index is 1990. The van der Waals surface area contributed by atoms with Gasteiger partial charge in [0.25, 0.3) is 0 Å². The standard InChI is InChI=1S/C42H85N20O14P/c43-16-4-1-10-24(46)32(64)56-27(13-7-19-53-40(47)48)34(66)58-26(12-3-6-18-45)36(68)61-30(22-63)38(70)60-28(14-8-20-54-41(49)50)35(67)57-25(11-2-5-17-44)33(65)59-29(15-9-21-55-42(51)52)37(69)62-31(39(71)72)23-76-77(73,74)75/h24-31,63H,1-23,43-46H2,(H,56,64)(H,57,67)(H,58,66)(H,59,65)(H,60,70)(H,61,68)(H,62,69)(H,71,72)(H4,47,48,53)(H4,49,50,54)(H4,51,52,55)(H2,73,74,75)/t24-,25-,26-,27-,28-,29-,30-,31-/m0/s1. The number of aliphatic imine (C=N–C) groups is 3. The fourth-order valence-corrected chi connectivity index (χ4v) is 7.28. The number of rotatable bonds is 43. The smallest absolute Gasteiger partial charge is 0.469 e. The van der Waals surface area contributed by atoms with Crippen LogP contribution in [0.3, 0.4) is 0 Å². The third-order valence-electron chi connectivity index (χ3n) is 11.0. The van der Waals surface area contributed by atoms with E-state index in [9.17, 15) is 53.1 Å². The molecule has 0 aromatic heterocycles. The summed E-state index contributed by atoms with van der Waals surface area (Å²) >= 11 is 0. The van der Waals surface area contributed by atoms with Crippen LogP contribution in [0.2, 0.25) is 0 Å². The van der Waals surface area contributed by atoms with E-state index in [0.29, 0.717) is 38.6 Å². The number of hydrogen-bond acceptors (Lipinski definition) is 18. The second-order valence-electron chi connectivity index (χ2n) is 17.5. The molecule has 0 fully saturated rings. The Labute approximate surface area is 446 Å². The number of carbonyl (C=O) groups is 8. The summed E-state index contributed by atoms with van der Waals surface area (Å²) in [5, 5.41) is 37.2. The van der Waals surface area contributed by atoms with Crippen molar-refractivity contribution < 1.29 is 67.4 Å². The van der Waals surface area contributed by atoms with Crippen molar-refractivity contribution in [2.45, 2.75) is 145 Å². The van der Waals surface area contributed by atoms with Crippen molar-refractivity contribution in [1.29, 1.82) is 0 Å².